The van der Waals surface area contributed by atoms with E-state index in [2.05, 4.69) is 5.32 Å². The first kappa shape index (κ1) is 15.4. The number of furan rings is 1. The number of alkyl halides is 3. The lowest BCUT2D eigenvalue weighted by atomic mass is 9.97. The Kier molecular flexibility index (Phi) is 5.10. The van der Waals surface area contributed by atoms with Gasteiger partial charge in [0.15, 0.2) is 0 Å². The molecule has 0 amide bonds. The van der Waals surface area contributed by atoms with Crippen molar-refractivity contribution in [2.45, 2.75) is 39.0 Å². The Morgan fingerprint density at radius 1 is 1.45 bits per heavy atom. The van der Waals surface area contributed by atoms with Crippen LogP contribution in [0.15, 0.2) is 16.7 Å². The van der Waals surface area contributed by atoms with Gasteiger partial charge in [-0.2, -0.15) is 13.2 Å². The van der Waals surface area contributed by atoms with Gasteiger partial charge in [0.25, 0.3) is 0 Å². The Morgan fingerprint density at radius 2 is 2.25 bits per heavy atom. The van der Waals surface area contributed by atoms with Crippen LogP contribution >= 0.6 is 0 Å². The third-order valence-electron chi connectivity index (χ3n) is 3.64. The Bertz CT molecular complexity index is 417. The minimum Gasteiger partial charge on any atom is -0.468 e. The summed E-state index contributed by atoms with van der Waals surface area (Å²) >= 11 is 0. The zero-order valence-electron chi connectivity index (χ0n) is 11.7. The summed E-state index contributed by atoms with van der Waals surface area (Å²) in [5.41, 5.74) is 1.03. The van der Waals surface area contributed by atoms with Crippen LogP contribution < -0.4 is 5.32 Å². The quantitative estimate of drug-likeness (QED) is 0.903. The topological polar surface area (TPSA) is 28.4 Å². The maximum absolute atomic E-state index is 12.7. The van der Waals surface area contributed by atoms with Gasteiger partial charge in [-0.1, -0.05) is 6.92 Å². The summed E-state index contributed by atoms with van der Waals surface area (Å²) in [5, 5.41) is 3.19. The zero-order chi connectivity index (χ0) is 14.6. The maximum atomic E-state index is 12.7. The van der Waals surface area contributed by atoms with Gasteiger partial charge in [0.05, 0.1) is 18.7 Å². The molecule has 0 radical (unpaired) electrons. The third kappa shape index (κ3) is 4.24. The number of hydrogen-bond donors (Lipinski definition) is 1. The van der Waals surface area contributed by atoms with Crippen LogP contribution in [-0.2, 0) is 13.1 Å². The fraction of sp³-hybridized carbons (Fsp3) is 0.714. The highest BCUT2D eigenvalue weighted by Gasteiger charge is 2.41. The summed E-state index contributed by atoms with van der Waals surface area (Å²) < 4.78 is 43.6. The summed E-state index contributed by atoms with van der Waals surface area (Å²) in [6, 6.07) is 1.92. The average molecular weight is 290 g/mol. The van der Waals surface area contributed by atoms with E-state index in [1.807, 2.05) is 17.9 Å². The molecule has 1 atom stereocenters. The van der Waals surface area contributed by atoms with E-state index in [1.165, 1.54) is 0 Å². The first-order chi connectivity index (χ1) is 9.49. The lowest BCUT2D eigenvalue weighted by molar-refractivity contribution is -0.187. The van der Waals surface area contributed by atoms with E-state index in [9.17, 15) is 13.2 Å². The fourth-order valence-electron chi connectivity index (χ4n) is 2.56. The number of rotatable bonds is 5. The van der Waals surface area contributed by atoms with Gasteiger partial charge in [-0.15, -0.1) is 0 Å². The van der Waals surface area contributed by atoms with E-state index in [4.69, 9.17) is 4.42 Å². The van der Waals surface area contributed by atoms with Crippen LogP contribution in [0.5, 0.6) is 0 Å². The molecule has 0 aromatic carbocycles. The summed E-state index contributed by atoms with van der Waals surface area (Å²) in [4.78, 5) is 1.83. The Hall–Kier alpha value is -1.01. The largest absolute Gasteiger partial charge is 0.468 e. The number of nitrogens with zero attached hydrogens (tertiary/aromatic N) is 1. The van der Waals surface area contributed by atoms with E-state index < -0.39 is 12.1 Å². The van der Waals surface area contributed by atoms with Gasteiger partial charge in [-0.25, -0.2) is 0 Å². The molecule has 20 heavy (non-hydrogen) atoms. The molecule has 0 spiro atoms. The predicted octanol–water partition coefficient (Wildman–Crippen LogP) is 3.16. The molecule has 1 aromatic rings. The Labute approximate surface area is 117 Å². The first-order valence-electron chi connectivity index (χ1n) is 7.05. The Morgan fingerprint density at radius 3 is 2.95 bits per heavy atom. The van der Waals surface area contributed by atoms with Crippen LogP contribution in [0.2, 0.25) is 0 Å². The van der Waals surface area contributed by atoms with Gasteiger partial charge < -0.3 is 9.73 Å². The van der Waals surface area contributed by atoms with Crippen LogP contribution in [0.25, 0.3) is 0 Å². The van der Waals surface area contributed by atoms with Crippen molar-refractivity contribution in [3.05, 3.63) is 23.7 Å². The minimum absolute atomic E-state index is 0.0761. The fourth-order valence-corrected chi connectivity index (χ4v) is 2.56. The van der Waals surface area contributed by atoms with Crippen molar-refractivity contribution in [2.24, 2.45) is 5.92 Å². The summed E-state index contributed by atoms with van der Waals surface area (Å²) in [7, 11) is 0. The number of likely N-dealkylation sites (tertiary alicyclic amines) is 1. The SMILES string of the molecule is CCNCc1coc(CN2CCCC(C(F)(F)F)C2)c1. The molecule has 2 heterocycles. The normalized spacial score (nSPS) is 21.3. The summed E-state index contributed by atoms with van der Waals surface area (Å²) in [6.07, 6.45) is -1.58. The van der Waals surface area contributed by atoms with Crippen LogP contribution in [0.4, 0.5) is 13.2 Å². The van der Waals surface area contributed by atoms with E-state index in [0.29, 0.717) is 19.5 Å². The molecule has 0 bridgehead atoms. The molecule has 0 aliphatic carbocycles. The maximum Gasteiger partial charge on any atom is 0.393 e. The van der Waals surface area contributed by atoms with Crippen molar-refractivity contribution in [1.82, 2.24) is 10.2 Å². The van der Waals surface area contributed by atoms with Gasteiger partial charge in [0, 0.05) is 18.7 Å². The number of piperidine rings is 1. The molecule has 6 heteroatoms. The van der Waals surface area contributed by atoms with E-state index in [-0.39, 0.29) is 13.0 Å². The van der Waals surface area contributed by atoms with Crippen molar-refractivity contribution in [2.75, 3.05) is 19.6 Å². The highest BCUT2D eigenvalue weighted by molar-refractivity contribution is 5.12. The third-order valence-corrected chi connectivity index (χ3v) is 3.64. The van der Waals surface area contributed by atoms with E-state index in [0.717, 1.165) is 24.4 Å². The lowest BCUT2D eigenvalue weighted by Crippen LogP contribution is -2.41. The molecule has 1 aromatic heterocycles. The van der Waals surface area contributed by atoms with Gasteiger partial charge in [-0.05, 0) is 32.0 Å². The second kappa shape index (κ2) is 6.63. The van der Waals surface area contributed by atoms with E-state index in [1.54, 1.807) is 6.26 Å². The van der Waals surface area contributed by atoms with Crippen LogP contribution in [0.3, 0.4) is 0 Å². The van der Waals surface area contributed by atoms with Crippen LogP contribution in [-0.4, -0.2) is 30.7 Å². The highest BCUT2D eigenvalue weighted by Crippen LogP contribution is 2.33. The van der Waals surface area contributed by atoms with E-state index >= 15 is 0 Å². The Balaban J connectivity index is 1.87. The van der Waals surface area contributed by atoms with Crippen molar-refractivity contribution in [3.8, 4) is 0 Å². The molecule has 1 aliphatic heterocycles. The lowest BCUT2D eigenvalue weighted by Gasteiger charge is -2.33. The number of halogens is 3. The van der Waals surface area contributed by atoms with Gasteiger partial charge in [-0.3, -0.25) is 4.90 Å². The van der Waals surface area contributed by atoms with Crippen LogP contribution in [0, 0.1) is 5.92 Å². The van der Waals surface area contributed by atoms with Gasteiger partial charge in [0.1, 0.15) is 5.76 Å². The summed E-state index contributed by atoms with van der Waals surface area (Å²) in [5.74, 6) is -0.465. The summed E-state index contributed by atoms with van der Waals surface area (Å²) in [6.45, 7) is 4.86. The predicted molar refractivity (Wildman–Crippen MR) is 70.1 cm³/mol. The molecular formula is C14H21F3N2O. The van der Waals surface area contributed by atoms with Crippen LogP contribution in [0.1, 0.15) is 31.1 Å². The molecular weight excluding hydrogens is 269 g/mol. The number of hydrogen-bond acceptors (Lipinski definition) is 3. The zero-order valence-corrected chi connectivity index (χ0v) is 11.7. The molecule has 1 saturated heterocycles. The molecule has 1 N–H and O–H groups in total. The molecule has 3 nitrogen and oxygen atoms in total. The second-order valence-corrected chi connectivity index (χ2v) is 5.32. The first-order valence-corrected chi connectivity index (χ1v) is 7.05. The second-order valence-electron chi connectivity index (χ2n) is 5.32. The van der Waals surface area contributed by atoms with Crippen molar-refractivity contribution >= 4 is 0 Å². The standard InChI is InChI=1S/C14H21F3N2O/c1-2-18-7-11-6-13(20-10-11)9-19-5-3-4-12(8-19)14(15,16)17/h6,10,12,18H,2-5,7-9H2,1H3. The highest BCUT2D eigenvalue weighted by atomic mass is 19.4. The monoisotopic (exact) mass is 290 g/mol. The number of nitrogens with one attached hydrogen (secondary N) is 1. The smallest absolute Gasteiger partial charge is 0.393 e. The van der Waals surface area contributed by atoms with Gasteiger partial charge >= 0.3 is 6.18 Å². The molecule has 0 saturated carbocycles. The van der Waals surface area contributed by atoms with Crippen molar-refractivity contribution < 1.29 is 17.6 Å². The molecule has 1 aliphatic rings. The molecule has 114 valence electrons. The van der Waals surface area contributed by atoms with Crippen molar-refractivity contribution in [1.29, 1.82) is 0 Å². The minimum atomic E-state index is -4.09. The molecule has 1 fully saturated rings. The molecule has 1 unspecified atom stereocenters. The average Bonchev–Trinajstić information content (AvgIpc) is 2.83. The van der Waals surface area contributed by atoms with Gasteiger partial charge in [0.2, 0.25) is 0 Å². The van der Waals surface area contributed by atoms with Crippen molar-refractivity contribution in [3.63, 3.8) is 0 Å². The molecule has 2 rings (SSSR count).